The molecule has 0 radical (unpaired) electrons. The minimum absolute atomic E-state index is 0.239. The molecule has 0 heterocycles. The van der Waals surface area contributed by atoms with Crippen LogP contribution in [0.2, 0.25) is 0 Å². The van der Waals surface area contributed by atoms with Gasteiger partial charge in [0, 0.05) is 5.39 Å². The van der Waals surface area contributed by atoms with Crippen LogP contribution in [0.3, 0.4) is 0 Å². The molecule has 0 saturated heterocycles. The number of benzene rings is 2. The van der Waals surface area contributed by atoms with Crippen LogP contribution in [-0.4, -0.2) is 7.11 Å². The van der Waals surface area contributed by atoms with Gasteiger partial charge in [0.05, 0.1) is 7.11 Å². The normalized spacial score (nSPS) is 27.5. The first kappa shape index (κ1) is 19.7. The number of fused-ring (bicyclic) bond motifs is 2. The molecule has 0 spiro atoms. The Bertz CT molecular complexity index is 798. The average molecular weight is 383 g/mol. The lowest BCUT2D eigenvalue weighted by Crippen LogP contribution is -2.30. The van der Waals surface area contributed by atoms with E-state index in [0.717, 1.165) is 23.1 Å². The number of unbranched alkanes of at least 4 members (excludes halogenated alkanes) is 2. The van der Waals surface area contributed by atoms with Crippen LogP contribution in [0.15, 0.2) is 30.3 Å². The predicted molar refractivity (Wildman–Crippen MR) is 116 cm³/mol. The van der Waals surface area contributed by atoms with E-state index in [9.17, 15) is 4.39 Å². The molecule has 0 aliphatic heterocycles. The molecule has 4 rings (SSSR count). The highest BCUT2D eigenvalue weighted by molar-refractivity contribution is 5.85. The van der Waals surface area contributed by atoms with Crippen molar-refractivity contribution in [1.29, 1.82) is 0 Å². The second-order valence-electron chi connectivity index (χ2n) is 9.27. The zero-order valence-electron chi connectivity index (χ0n) is 17.6. The Morgan fingerprint density at radius 1 is 0.964 bits per heavy atom. The van der Waals surface area contributed by atoms with Crippen molar-refractivity contribution in [3.63, 3.8) is 0 Å². The van der Waals surface area contributed by atoms with Gasteiger partial charge in [-0.25, -0.2) is 4.39 Å². The highest BCUT2D eigenvalue weighted by Crippen LogP contribution is 2.48. The summed E-state index contributed by atoms with van der Waals surface area (Å²) in [4.78, 5) is 0. The van der Waals surface area contributed by atoms with Crippen molar-refractivity contribution >= 4 is 10.8 Å². The fourth-order valence-corrected chi connectivity index (χ4v) is 5.94. The van der Waals surface area contributed by atoms with Crippen molar-refractivity contribution in [2.24, 2.45) is 17.8 Å². The van der Waals surface area contributed by atoms with Crippen LogP contribution in [0.1, 0.15) is 82.6 Å². The maximum Gasteiger partial charge on any atom is 0.172 e. The van der Waals surface area contributed by atoms with Gasteiger partial charge in [-0.2, -0.15) is 0 Å². The van der Waals surface area contributed by atoms with E-state index in [2.05, 4.69) is 19.1 Å². The maximum absolute atomic E-state index is 14.5. The molecule has 0 bridgehead atoms. The largest absolute Gasteiger partial charge is 0.494 e. The lowest BCUT2D eigenvalue weighted by molar-refractivity contribution is 0.113. The van der Waals surface area contributed by atoms with Gasteiger partial charge in [-0.15, -0.1) is 0 Å². The third-order valence-corrected chi connectivity index (χ3v) is 7.57. The second-order valence-corrected chi connectivity index (χ2v) is 9.27. The Morgan fingerprint density at radius 2 is 1.79 bits per heavy atom. The van der Waals surface area contributed by atoms with E-state index in [0.29, 0.717) is 17.1 Å². The van der Waals surface area contributed by atoms with E-state index in [1.54, 1.807) is 6.07 Å². The molecule has 2 aromatic carbocycles. The summed E-state index contributed by atoms with van der Waals surface area (Å²) in [6, 6.07) is 10.1. The van der Waals surface area contributed by atoms with Gasteiger partial charge in [-0.05, 0) is 72.8 Å². The van der Waals surface area contributed by atoms with E-state index in [-0.39, 0.29) is 5.82 Å². The average Bonchev–Trinajstić information content (AvgIpc) is 2.73. The molecule has 2 heteroatoms. The first-order valence-corrected chi connectivity index (χ1v) is 11.5. The molecule has 1 nitrogen and oxygen atoms in total. The quantitative estimate of drug-likeness (QED) is 0.462. The van der Waals surface area contributed by atoms with Gasteiger partial charge >= 0.3 is 0 Å². The first-order valence-electron chi connectivity index (χ1n) is 11.5. The highest BCUT2D eigenvalue weighted by atomic mass is 19.1. The lowest BCUT2D eigenvalue weighted by Gasteiger charge is -2.42. The molecule has 2 aliphatic carbocycles. The van der Waals surface area contributed by atoms with Gasteiger partial charge in [0.15, 0.2) is 11.6 Å². The van der Waals surface area contributed by atoms with Crippen LogP contribution in [-0.2, 0) is 0 Å². The second kappa shape index (κ2) is 8.84. The van der Waals surface area contributed by atoms with Crippen molar-refractivity contribution in [3.8, 4) is 5.75 Å². The third kappa shape index (κ3) is 4.07. The van der Waals surface area contributed by atoms with Crippen LogP contribution in [0, 0.1) is 23.6 Å². The summed E-state index contributed by atoms with van der Waals surface area (Å²) < 4.78 is 19.6. The Kier molecular flexibility index (Phi) is 6.23. The van der Waals surface area contributed by atoms with Crippen molar-refractivity contribution in [3.05, 3.63) is 41.7 Å². The van der Waals surface area contributed by atoms with Crippen LogP contribution >= 0.6 is 0 Å². The third-order valence-electron chi connectivity index (χ3n) is 7.57. The van der Waals surface area contributed by atoms with Gasteiger partial charge in [0.25, 0.3) is 0 Å². The summed E-state index contributed by atoms with van der Waals surface area (Å²) >= 11 is 0. The van der Waals surface area contributed by atoms with Crippen molar-refractivity contribution in [1.82, 2.24) is 0 Å². The summed E-state index contributed by atoms with van der Waals surface area (Å²) in [7, 11) is 1.52. The summed E-state index contributed by atoms with van der Waals surface area (Å²) in [5.74, 6) is 3.59. The molecule has 2 saturated carbocycles. The topological polar surface area (TPSA) is 9.23 Å². The Balaban J connectivity index is 1.42. The molecule has 2 fully saturated rings. The first-order chi connectivity index (χ1) is 13.7. The monoisotopic (exact) mass is 382 g/mol. The van der Waals surface area contributed by atoms with E-state index in [4.69, 9.17) is 4.74 Å². The smallest absolute Gasteiger partial charge is 0.172 e. The van der Waals surface area contributed by atoms with E-state index >= 15 is 0 Å². The molecule has 0 aromatic heterocycles. The minimum atomic E-state index is -0.239. The molecule has 152 valence electrons. The summed E-state index contributed by atoms with van der Waals surface area (Å²) in [5.41, 5.74) is 1.40. The zero-order valence-corrected chi connectivity index (χ0v) is 17.6. The number of hydrogen-bond donors (Lipinski definition) is 0. The predicted octanol–water partition coefficient (Wildman–Crippen LogP) is 7.87. The number of halogens is 1. The fourth-order valence-electron chi connectivity index (χ4n) is 5.94. The number of methoxy groups -OCH3 is 1. The fraction of sp³-hybridized carbons (Fsp3) is 0.615. The van der Waals surface area contributed by atoms with Crippen LogP contribution in [0.5, 0.6) is 5.75 Å². The molecule has 0 N–H and O–H groups in total. The Labute approximate surface area is 169 Å². The van der Waals surface area contributed by atoms with Crippen molar-refractivity contribution in [2.75, 3.05) is 7.11 Å². The number of rotatable bonds is 6. The SMILES string of the molecule is CCCCCC1CCC2CC(c3ccc4c(F)c(OC)ccc4c3)CCC2C1. The Hall–Kier alpha value is -1.57. The van der Waals surface area contributed by atoms with Crippen molar-refractivity contribution in [2.45, 2.75) is 77.0 Å². The van der Waals surface area contributed by atoms with Crippen LogP contribution in [0.4, 0.5) is 4.39 Å². The summed E-state index contributed by atoms with van der Waals surface area (Å²) in [5, 5.41) is 1.67. The summed E-state index contributed by atoms with van der Waals surface area (Å²) in [6.45, 7) is 2.30. The van der Waals surface area contributed by atoms with E-state index in [1.807, 2.05) is 12.1 Å². The molecule has 0 amide bonds. The number of hydrogen-bond acceptors (Lipinski definition) is 1. The molecule has 4 atom stereocenters. The molecular formula is C26H35FO. The summed E-state index contributed by atoms with van der Waals surface area (Å²) in [6.07, 6.45) is 14.0. The molecule has 2 aromatic rings. The standard InChI is InChI=1S/C26H35FO/c1-3-4-5-6-18-7-8-20-16-21(10-9-19(20)15-18)22-11-13-24-23(17-22)12-14-25(28-2)26(24)27/h11-14,17-21H,3-10,15-16H2,1-2H3. The van der Waals surface area contributed by atoms with E-state index < -0.39 is 0 Å². The van der Waals surface area contributed by atoms with E-state index in [1.165, 1.54) is 76.9 Å². The van der Waals surface area contributed by atoms with Gasteiger partial charge in [0.2, 0.25) is 0 Å². The zero-order chi connectivity index (χ0) is 19.5. The van der Waals surface area contributed by atoms with Gasteiger partial charge in [0.1, 0.15) is 0 Å². The van der Waals surface area contributed by atoms with Crippen LogP contribution in [0.25, 0.3) is 10.8 Å². The van der Waals surface area contributed by atoms with Crippen molar-refractivity contribution < 1.29 is 9.13 Å². The Morgan fingerprint density at radius 3 is 2.61 bits per heavy atom. The van der Waals surface area contributed by atoms with Crippen LogP contribution < -0.4 is 4.74 Å². The minimum Gasteiger partial charge on any atom is -0.494 e. The van der Waals surface area contributed by atoms with Gasteiger partial charge < -0.3 is 4.74 Å². The maximum atomic E-state index is 14.5. The molecule has 2 aliphatic rings. The lowest BCUT2D eigenvalue weighted by atomic mass is 9.63. The van der Waals surface area contributed by atoms with Gasteiger partial charge in [-0.3, -0.25) is 0 Å². The molecule has 28 heavy (non-hydrogen) atoms. The molecular weight excluding hydrogens is 347 g/mol. The highest BCUT2D eigenvalue weighted by Gasteiger charge is 2.35. The number of ether oxygens (including phenoxy) is 1. The van der Waals surface area contributed by atoms with Gasteiger partial charge in [-0.1, -0.05) is 63.3 Å². The molecule has 4 unspecified atom stereocenters.